The quantitative estimate of drug-likeness (QED) is 0.643. The van der Waals surface area contributed by atoms with Gasteiger partial charge in [0.15, 0.2) is 0 Å². The molecule has 0 unspecified atom stereocenters. The number of aromatic nitrogens is 1. The van der Waals surface area contributed by atoms with E-state index in [1.165, 1.54) is 16.7 Å². The van der Waals surface area contributed by atoms with Crippen LogP contribution in [-0.4, -0.2) is 4.98 Å². The third-order valence-corrected chi connectivity index (χ3v) is 2.51. The molecule has 0 aliphatic heterocycles. The Morgan fingerprint density at radius 3 is 2.58 bits per heavy atom. The lowest BCUT2D eigenvalue weighted by Gasteiger charge is -2.09. The molecular formula is C10H14ClN. The van der Waals surface area contributed by atoms with Crippen LogP contribution in [0.3, 0.4) is 0 Å². The molecule has 66 valence electrons. The maximum Gasteiger partial charge on any atom is 0.0650 e. The fraction of sp³-hybridized carbons (Fsp3) is 0.500. The largest absolute Gasteiger partial charge is 0.259 e. The average Bonchev–Trinajstić information content (AvgIpc) is 2.06. The fourth-order valence-electron chi connectivity index (χ4n) is 1.50. The highest BCUT2D eigenvalue weighted by Crippen LogP contribution is 2.17. The third-order valence-electron chi connectivity index (χ3n) is 2.26. The second kappa shape index (κ2) is 3.90. The molecule has 0 spiro atoms. The van der Waals surface area contributed by atoms with Crippen molar-refractivity contribution >= 4 is 11.6 Å². The van der Waals surface area contributed by atoms with E-state index in [0.717, 1.165) is 12.1 Å². The number of rotatable bonds is 2. The molecule has 1 rings (SSSR count). The summed E-state index contributed by atoms with van der Waals surface area (Å²) in [6.45, 7) is 6.35. The normalized spacial score (nSPS) is 10.3. The summed E-state index contributed by atoms with van der Waals surface area (Å²) in [4.78, 5) is 4.27. The molecule has 0 saturated heterocycles. The number of aryl methyl sites for hydroxylation is 1. The van der Waals surface area contributed by atoms with E-state index in [9.17, 15) is 0 Å². The summed E-state index contributed by atoms with van der Waals surface area (Å²) in [6.07, 6.45) is 2.97. The topological polar surface area (TPSA) is 12.9 Å². The van der Waals surface area contributed by atoms with Gasteiger partial charge in [-0.15, -0.1) is 11.6 Å². The van der Waals surface area contributed by atoms with E-state index in [0.29, 0.717) is 5.88 Å². The Kier molecular flexibility index (Phi) is 3.10. The molecule has 0 aromatic carbocycles. The minimum atomic E-state index is 0.513. The first-order valence-corrected chi connectivity index (χ1v) is 4.74. The molecule has 0 saturated carbocycles. The maximum absolute atomic E-state index is 5.75. The van der Waals surface area contributed by atoms with Crippen LogP contribution in [0.5, 0.6) is 0 Å². The molecule has 1 heterocycles. The van der Waals surface area contributed by atoms with Gasteiger partial charge >= 0.3 is 0 Å². The number of nitrogens with zero attached hydrogens (tertiary/aromatic N) is 1. The summed E-state index contributed by atoms with van der Waals surface area (Å²) in [5.41, 5.74) is 4.93. The average molecular weight is 184 g/mol. The Morgan fingerprint density at radius 1 is 1.42 bits per heavy atom. The first-order chi connectivity index (χ1) is 5.70. The van der Waals surface area contributed by atoms with E-state index >= 15 is 0 Å². The van der Waals surface area contributed by atoms with Gasteiger partial charge in [0.1, 0.15) is 0 Å². The Balaban J connectivity index is 3.24. The standard InChI is InChI=1S/C10H14ClN/c1-4-9-7(2)6-12-10(5-11)8(9)3/h6H,4-5H2,1-3H3. The molecule has 0 aliphatic carbocycles. The van der Waals surface area contributed by atoms with Crippen LogP contribution in [0.25, 0.3) is 0 Å². The summed E-state index contributed by atoms with van der Waals surface area (Å²) in [5, 5.41) is 0. The van der Waals surface area contributed by atoms with E-state index in [-0.39, 0.29) is 0 Å². The van der Waals surface area contributed by atoms with E-state index < -0.39 is 0 Å². The molecule has 0 N–H and O–H groups in total. The predicted octanol–water partition coefficient (Wildman–Crippen LogP) is 3.00. The summed E-state index contributed by atoms with van der Waals surface area (Å²) in [6, 6.07) is 0. The number of halogens is 1. The molecule has 0 atom stereocenters. The van der Waals surface area contributed by atoms with Crippen LogP contribution < -0.4 is 0 Å². The van der Waals surface area contributed by atoms with Crippen molar-refractivity contribution in [3.05, 3.63) is 28.6 Å². The highest BCUT2D eigenvalue weighted by Gasteiger charge is 2.05. The van der Waals surface area contributed by atoms with Gasteiger partial charge in [-0.25, -0.2) is 0 Å². The highest BCUT2D eigenvalue weighted by molar-refractivity contribution is 6.17. The van der Waals surface area contributed by atoms with Crippen molar-refractivity contribution in [3.8, 4) is 0 Å². The zero-order valence-corrected chi connectivity index (χ0v) is 8.57. The van der Waals surface area contributed by atoms with Gasteiger partial charge in [0, 0.05) is 6.20 Å². The van der Waals surface area contributed by atoms with Gasteiger partial charge in [0.05, 0.1) is 11.6 Å². The van der Waals surface area contributed by atoms with Crippen LogP contribution in [0.15, 0.2) is 6.20 Å². The minimum Gasteiger partial charge on any atom is -0.259 e. The highest BCUT2D eigenvalue weighted by atomic mass is 35.5. The Morgan fingerprint density at radius 2 is 2.08 bits per heavy atom. The van der Waals surface area contributed by atoms with Crippen LogP contribution >= 0.6 is 11.6 Å². The summed E-state index contributed by atoms with van der Waals surface area (Å²) in [5.74, 6) is 0.513. The zero-order chi connectivity index (χ0) is 9.14. The molecule has 12 heavy (non-hydrogen) atoms. The van der Waals surface area contributed by atoms with E-state index in [1.807, 2.05) is 6.20 Å². The number of alkyl halides is 1. The van der Waals surface area contributed by atoms with E-state index in [1.54, 1.807) is 0 Å². The van der Waals surface area contributed by atoms with Crippen molar-refractivity contribution < 1.29 is 0 Å². The number of hydrogen-bond donors (Lipinski definition) is 0. The second-order valence-electron chi connectivity index (χ2n) is 2.98. The lowest BCUT2D eigenvalue weighted by Crippen LogP contribution is -1.99. The molecule has 0 amide bonds. The minimum absolute atomic E-state index is 0.513. The van der Waals surface area contributed by atoms with Gasteiger partial charge < -0.3 is 0 Å². The number of pyridine rings is 1. The zero-order valence-electron chi connectivity index (χ0n) is 7.82. The van der Waals surface area contributed by atoms with E-state index in [2.05, 4.69) is 25.8 Å². The molecule has 1 nitrogen and oxygen atoms in total. The van der Waals surface area contributed by atoms with Gasteiger partial charge in [0.25, 0.3) is 0 Å². The molecular weight excluding hydrogens is 170 g/mol. The SMILES string of the molecule is CCc1c(C)cnc(CCl)c1C. The molecule has 0 aliphatic rings. The first-order valence-electron chi connectivity index (χ1n) is 4.20. The fourth-order valence-corrected chi connectivity index (χ4v) is 1.77. The Labute approximate surface area is 78.8 Å². The second-order valence-corrected chi connectivity index (χ2v) is 3.25. The van der Waals surface area contributed by atoms with E-state index in [4.69, 9.17) is 11.6 Å². The van der Waals surface area contributed by atoms with Crippen molar-refractivity contribution in [2.24, 2.45) is 0 Å². The van der Waals surface area contributed by atoms with Gasteiger partial charge in [-0.1, -0.05) is 6.92 Å². The van der Waals surface area contributed by atoms with Crippen LogP contribution in [0.1, 0.15) is 29.3 Å². The first kappa shape index (κ1) is 9.53. The van der Waals surface area contributed by atoms with Gasteiger partial charge in [-0.05, 0) is 37.0 Å². The van der Waals surface area contributed by atoms with Gasteiger partial charge in [-0.2, -0.15) is 0 Å². The van der Waals surface area contributed by atoms with Gasteiger partial charge in [-0.3, -0.25) is 4.98 Å². The van der Waals surface area contributed by atoms with Crippen molar-refractivity contribution in [1.29, 1.82) is 0 Å². The molecule has 1 aromatic rings. The van der Waals surface area contributed by atoms with Crippen LogP contribution in [0.4, 0.5) is 0 Å². The molecule has 1 aromatic heterocycles. The lowest BCUT2D eigenvalue weighted by molar-refractivity contribution is 1.01. The number of hydrogen-bond acceptors (Lipinski definition) is 1. The van der Waals surface area contributed by atoms with Crippen molar-refractivity contribution in [1.82, 2.24) is 4.98 Å². The van der Waals surface area contributed by atoms with Crippen LogP contribution in [0, 0.1) is 13.8 Å². The summed E-state index contributed by atoms with van der Waals surface area (Å²) in [7, 11) is 0. The van der Waals surface area contributed by atoms with Crippen molar-refractivity contribution in [3.63, 3.8) is 0 Å². The third kappa shape index (κ3) is 1.61. The lowest BCUT2D eigenvalue weighted by atomic mass is 10.0. The monoisotopic (exact) mass is 183 g/mol. The molecule has 0 radical (unpaired) electrons. The predicted molar refractivity (Wildman–Crippen MR) is 52.6 cm³/mol. The van der Waals surface area contributed by atoms with Crippen molar-refractivity contribution in [2.75, 3.05) is 0 Å². The Hall–Kier alpha value is -0.560. The maximum atomic E-state index is 5.75. The Bertz CT molecular complexity index is 281. The molecule has 0 bridgehead atoms. The summed E-state index contributed by atoms with van der Waals surface area (Å²) >= 11 is 5.75. The molecule has 0 fully saturated rings. The summed E-state index contributed by atoms with van der Waals surface area (Å²) < 4.78 is 0. The van der Waals surface area contributed by atoms with Gasteiger partial charge in [0.2, 0.25) is 0 Å². The molecule has 2 heteroatoms. The smallest absolute Gasteiger partial charge is 0.0650 e. The van der Waals surface area contributed by atoms with Crippen molar-refractivity contribution in [2.45, 2.75) is 33.1 Å². The van der Waals surface area contributed by atoms with Crippen LogP contribution in [-0.2, 0) is 12.3 Å². The van der Waals surface area contributed by atoms with Crippen LogP contribution in [0.2, 0.25) is 0 Å².